The molecule has 0 aliphatic carbocycles. The first kappa shape index (κ1) is 18.0. The molecule has 5 heterocycles. The number of rotatable bonds is 3. The van der Waals surface area contributed by atoms with Crippen LogP contribution in [0.2, 0.25) is 0 Å². The van der Waals surface area contributed by atoms with Crippen molar-refractivity contribution in [2.45, 2.75) is 31.8 Å². The van der Waals surface area contributed by atoms with Crippen LogP contribution in [0.5, 0.6) is 0 Å². The zero-order valence-corrected chi connectivity index (χ0v) is 16.1. The largest absolute Gasteiger partial charge is 0.337 e. The van der Waals surface area contributed by atoms with Crippen LogP contribution in [-0.2, 0) is 9.59 Å². The Labute approximate surface area is 167 Å². The number of amides is 5. The number of imide groups is 1. The van der Waals surface area contributed by atoms with Crippen molar-refractivity contribution in [3.05, 3.63) is 23.8 Å². The van der Waals surface area contributed by atoms with E-state index >= 15 is 0 Å². The fourth-order valence-electron chi connectivity index (χ4n) is 5.41. The van der Waals surface area contributed by atoms with E-state index in [9.17, 15) is 19.2 Å². The average Bonchev–Trinajstić information content (AvgIpc) is 3.45. The molecule has 0 aromatic carbocycles. The van der Waals surface area contributed by atoms with Crippen molar-refractivity contribution in [1.29, 1.82) is 0 Å². The first-order valence-corrected chi connectivity index (χ1v) is 9.91. The van der Waals surface area contributed by atoms with Gasteiger partial charge >= 0.3 is 6.03 Å². The number of carbonyl (C=O) groups is 4. The fourth-order valence-corrected chi connectivity index (χ4v) is 5.41. The van der Waals surface area contributed by atoms with E-state index in [1.165, 1.54) is 6.20 Å². The van der Waals surface area contributed by atoms with Crippen LogP contribution >= 0.6 is 0 Å². The van der Waals surface area contributed by atoms with Crippen molar-refractivity contribution in [2.24, 2.45) is 11.8 Å². The van der Waals surface area contributed by atoms with Gasteiger partial charge in [-0.05, 0) is 19.8 Å². The van der Waals surface area contributed by atoms with Crippen LogP contribution in [0.15, 0.2) is 12.4 Å². The molecule has 0 unspecified atom stereocenters. The van der Waals surface area contributed by atoms with E-state index in [2.05, 4.69) is 15.3 Å². The van der Waals surface area contributed by atoms with Gasteiger partial charge in [0.1, 0.15) is 12.2 Å². The molecule has 1 aromatic rings. The Morgan fingerprint density at radius 2 is 1.79 bits per heavy atom. The molecule has 0 radical (unpaired) electrons. The highest BCUT2D eigenvalue weighted by Gasteiger charge is 2.58. The van der Waals surface area contributed by atoms with Gasteiger partial charge in [-0.15, -0.1) is 0 Å². The number of nitrogens with one attached hydrogen (secondary N) is 1. The Morgan fingerprint density at radius 1 is 1.10 bits per heavy atom. The number of hydrogen-bond acceptors (Lipinski definition) is 6. The van der Waals surface area contributed by atoms with E-state index in [1.54, 1.807) is 6.20 Å². The molecule has 4 saturated heterocycles. The minimum atomic E-state index is -0.508. The Balaban J connectivity index is 1.27. The number of aryl methyl sites for hydroxylation is 1. The molecule has 2 bridgehead atoms. The number of likely N-dealkylation sites (tertiary alicyclic amines) is 1. The van der Waals surface area contributed by atoms with Crippen molar-refractivity contribution < 1.29 is 19.2 Å². The van der Waals surface area contributed by atoms with Crippen molar-refractivity contribution in [3.8, 4) is 0 Å². The topological polar surface area (TPSA) is 116 Å². The summed E-state index contributed by atoms with van der Waals surface area (Å²) in [7, 11) is 0. The van der Waals surface area contributed by atoms with E-state index in [0.29, 0.717) is 18.8 Å². The molecule has 152 valence electrons. The number of fused-ring (bicyclic) bond motifs is 5. The molecule has 4 atom stereocenters. The van der Waals surface area contributed by atoms with Gasteiger partial charge in [0.2, 0.25) is 5.91 Å². The lowest BCUT2D eigenvalue weighted by Crippen LogP contribution is -2.47. The van der Waals surface area contributed by atoms with Gasteiger partial charge in [-0.2, -0.15) is 0 Å². The molecule has 1 N–H and O–H groups in total. The van der Waals surface area contributed by atoms with Crippen LogP contribution < -0.4 is 5.32 Å². The molecule has 5 amide bonds. The first-order chi connectivity index (χ1) is 13.9. The summed E-state index contributed by atoms with van der Waals surface area (Å²) in [6.45, 7) is 2.74. The van der Waals surface area contributed by atoms with Gasteiger partial charge in [0.15, 0.2) is 0 Å². The third kappa shape index (κ3) is 2.77. The number of hydrogen-bond donors (Lipinski definition) is 1. The van der Waals surface area contributed by atoms with Gasteiger partial charge < -0.3 is 15.1 Å². The molecule has 5 rings (SSSR count). The van der Waals surface area contributed by atoms with Gasteiger partial charge in [-0.25, -0.2) is 9.78 Å². The Bertz CT molecular complexity index is 866. The SMILES string of the molecule is Cc1cnc(C(=O)N2C[C@@H]3[C@H](C2)[C@@H]2CC[C@H]3N2C(=O)CN2C(=O)CNC2=O)cn1. The summed E-state index contributed by atoms with van der Waals surface area (Å²) in [5, 5.41) is 2.44. The smallest absolute Gasteiger partial charge is 0.325 e. The Morgan fingerprint density at radius 3 is 2.34 bits per heavy atom. The highest BCUT2D eigenvalue weighted by atomic mass is 16.2. The van der Waals surface area contributed by atoms with E-state index in [1.807, 2.05) is 16.7 Å². The van der Waals surface area contributed by atoms with Crippen molar-refractivity contribution >= 4 is 23.8 Å². The number of nitrogens with zero attached hydrogens (tertiary/aromatic N) is 5. The highest BCUT2D eigenvalue weighted by molar-refractivity contribution is 6.04. The van der Waals surface area contributed by atoms with Crippen LogP contribution in [0, 0.1) is 18.8 Å². The molecule has 1 aromatic heterocycles. The summed E-state index contributed by atoms with van der Waals surface area (Å²) in [4.78, 5) is 62.3. The van der Waals surface area contributed by atoms with Crippen LogP contribution in [0.3, 0.4) is 0 Å². The predicted molar refractivity (Wildman–Crippen MR) is 98.4 cm³/mol. The zero-order valence-electron chi connectivity index (χ0n) is 16.1. The van der Waals surface area contributed by atoms with Gasteiger partial charge in [0.05, 0.1) is 18.4 Å². The summed E-state index contributed by atoms with van der Waals surface area (Å²) >= 11 is 0. The van der Waals surface area contributed by atoms with Gasteiger partial charge in [-0.3, -0.25) is 24.3 Å². The predicted octanol–water partition coefficient (Wildman–Crippen LogP) is -0.602. The lowest BCUT2D eigenvalue weighted by atomic mass is 9.82. The van der Waals surface area contributed by atoms with Crippen LogP contribution in [0.4, 0.5) is 4.79 Å². The second-order valence-electron chi connectivity index (χ2n) is 8.23. The zero-order chi connectivity index (χ0) is 20.3. The maximum atomic E-state index is 12.9. The van der Waals surface area contributed by atoms with E-state index < -0.39 is 6.03 Å². The summed E-state index contributed by atoms with van der Waals surface area (Å²) in [5.74, 6) is -0.222. The second kappa shape index (κ2) is 6.50. The number of carbonyl (C=O) groups excluding carboxylic acids is 4. The maximum absolute atomic E-state index is 12.9. The van der Waals surface area contributed by atoms with Gasteiger partial charge in [0, 0.05) is 43.2 Å². The molecule has 0 saturated carbocycles. The Kier molecular flexibility index (Phi) is 4.04. The normalized spacial score (nSPS) is 30.2. The molecule has 0 spiro atoms. The van der Waals surface area contributed by atoms with E-state index in [-0.39, 0.29) is 54.7 Å². The lowest BCUT2D eigenvalue weighted by molar-refractivity contribution is -0.137. The third-order valence-electron chi connectivity index (χ3n) is 6.68. The minimum absolute atomic E-state index is 0.0524. The monoisotopic (exact) mass is 398 g/mol. The molecule has 29 heavy (non-hydrogen) atoms. The summed E-state index contributed by atoms with van der Waals surface area (Å²) in [5.41, 5.74) is 1.10. The highest BCUT2D eigenvalue weighted by Crippen LogP contribution is 2.49. The van der Waals surface area contributed by atoms with E-state index in [4.69, 9.17) is 0 Å². The van der Waals surface area contributed by atoms with Gasteiger partial charge in [-0.1, -0.05) is 0 Å². The van der Waals surface area contributed by atoms with Crippen LogP contribution in [-0.4, -0.2) is 86.7 Å². The average molecular weight is 398 g/mol. The van der Waals surface area contributed by atoms with Crippen LogP contribution in [0.25, 0.3) is 0 Å². The summed E-state index contributed by atoms with van der Waals surface area (Å²) < 4.78 is 0. The minimum Gasteiger partial charge on any atom is -0.337 e. The molecule has 4 aliphatic heterocycles. The number of urea groups is 1. The summed E-state index contributed by atoms with van der Waals surface area (Å²) in [6.07, 6.45) is 4.88. The summed E-state index contributed by atoms with van der Waals surface area (Å²) in [6, 6.07) is -0.397. The van der Waals surface area contributed by atoms with E-state index in [0.717, 1.165) is 23.4 Å². The third-order valence-corrected chi connectivity index (χ3v) is 6.68. The first-order valence-electron chi connectivity index (χ1n) is 9.91. The van der Waals surface area contributed by atoms with Crippen molar-refractivity contribution in [3.63, 3.8) is 0 Å². The molecule has 4 fully saturated rings. The van der Waals surface area contributed by atoms with Crippen molar-refractivity contribution in [1.82, 2.24) is 30.0 Å². The molecule has 10 nitrogen and oxygen atoms in total. The standard InChI is InChI=1S/C19H22N6O4/c1-10-4-21-13(5-20-10)18(28)23-7-11-12(8-23)15-3-2-14(11)25(15)17(27)9-24-16(26)6-22-19(24)29/h4-5,11-12,14-15H,2-3,6-9H2,1H3,(H,22,29)/t11-,12+,14-,15+. The maximum Gasteiger partial charge on any atom is 0.325 e. The molecular weight excluding hydrogens is 376 g/mol. The Hall–Kier alpha value is -3.04. The fraction of sp³-hybridized carbons (Fsp3) is 0.579. The lowest BCUT2D eigenvalue weighted by Gasteiger charge is -2.28. The van der Waals surface area contributed by atoms with Gasteiger partial charge in [0.25, 0.3) is 11.8 Å². The molecule has 4 aliphatic rings. The molecule has 10 heteroatoms. The molecular formula is C19H22N6O4. The number of aromatic nitrogens is 2. The van der Waals surface area contributed by atoms with Crippen molar-refractivity contribution in [2.75, 3.05) is 26.2 Å². The van der Waals surface area contributed by atoms with Crippen LogP contribution in [0.1, 0.15) is 29.0 Å². The quantitative estimate of drug-likeness (QED) is 0.680. The second-order valence-corrected chi connectivity index (χ2v) is 8.23.